The normalized spacial score (nSPS) is 11.0. The Labute approximate surface area is 137 Å². The number of anilines is 2. The molecule has 0 unspecified atom stereocenters. The summed E-state index contributed by atoms with van der Waals surface area (Å²) in [5.74, 6) is 1.57. The Morgan fingerprint density at radius 1 is 1.09 bits per heavy atom. The van der Waals surface area contributed by atoms with E-state index in [2.05, 4.69) is 38.6 Å². The maximum absolute atomic E-state index is 4.43. The van der Waals surface area contributed by atoms with Crippen LogP contribution in [0.2, 0.25) is 0 Å². The van der Waals surface area contributed by atoms with E-state index in [9.17, 15) is 0 Å². The fourth-order valence-corrected chi connectivity index (χ4v) is 3.45. The number of nitrogens with one attached hydrogen (secondary N) is 1. The molecule has 3 aromatic heterocycles. The minimum absolute atomic E-state index is 0.784. The number of rotatable bonds is 3. The summed E-state index contributed by atoms with van der Waals surface area (Å²) in [5.41, 5.74) is 2.28. The Morgan fingerprint density at radius 2 is 1.91 bits per heavy atom. The average molecular weight is 321 g/mol. The zero-order valence-corrected chi connectivity index (χ0v) is 13.6. The van der Waals surface area contributed by atoms with E-state index in [4.69, 9.17) is 0 Å². The predicted molar refractivity (Wildman–Crippen MR) is 94.1 cm³/mol. The molecule has 0 saturated heterocycles. The van der Waals surface area contributed by atoms with Gasteiger partial charge in [-0.2, -0.15) is 5.10 Å². The van der Waals surface area contributed by atoms with E-state index >= 15 is 0 Å². The number of benzene rings is 1. The zero-order chi connectivity index (χ0) is 15.8. The second-order valence-corrected chi connectivity index (χ2v) is 6.37. The second-order valence-electron chi connectivity index (χ2n) is 5.34. The zero-order valence-electron chi connectivity index (χ0n) is 12.8. The van der Waals surface area contributed by atoms with Crippen molar-refractivity contribution in [2.45, 2.75) is 6.92 Å². The van der Waals surface area contributed by atoms with Crippen LogP contribution in [-0.2, 0) is 7.05 Å². The van der Waals surface area contributed by atoms with Gasteiger partial charge in [0.15, 0.2) is 5.82 Å². The summed E-state index contributed by atoms with van der Waals surface area (Å²) in [4.78, 5) is 10.9. The first kappa shape index (κ1) is 13.9. The van der Waals surface area contributed by atoms with E-state index in [-0.39, 0.29) is 0 Å². The summed E-state index contributed by atoms with van der Waals surface area (Å²) >= 11 is 1.67. The van der Waals surface area contributed by atoms with Crippen LogP contribution in [0.3, 0.4) is 0 Å². The summed E-state index contributed by atoms with van der Waals surface area (Å²) < 4.78 is 1.84. The molecule has 0 aliphatic rings. The second kappa shape index (κ2) is 5.48. The largest absolute Gasteiger partial charge is 0.323 e. The molecular weight excluding hydrogens is 306 g/mol. The molecule has 4 rings (SSSR count). The van der Waals surface area contributed by atoms with Crippen molar-refractivity contribution in [3.63, 3.8) is 0 Å². The van der Waals surface area contributed by atoms with Crippen LogP contribution in [0.1, 0.15) is 5.69 Å². The molecular formula is C17H15N5S. The van der Waals surface area contributed by atoms with E-state index in [1.54, 1.807) is 17.7 Å². The first-order valence-electron chi connectivity index (χ1n) is 7.28. The molecule has 5 nitrogen and oxygen atoms in total. The monoisotopic (exact) mass is 321 g/mol. The van der Waals surface area contributed by atoms with Gasteiger partial charge in [-0.25, -0.2) is 9.97 Å². The van der Waals surface area contributed by atoms with E-state index in [0.29, 0.717) is 0 Å². The fraction of sp³-hybridized carbons (Fsp3) is 0.118. The molecule has 114 valence electrons. The van der Waals surface area contributed by atoms with E-state index in [0.717, 1.165) is 27.5 Å². The molecule has 1 N–H and O–H groups in total. The first-order chi connectivity index (χ1) is 11.2. The lowest BCUT2D eigenvalue weighted by molar-refractivity contribution is 0.743. The Morgan fingerprint density at radius 3 is 2.65 bits per heavy atom. The number of nitrogens with zero attached hydrogens (tertiary/aromatic N) is 4. The summed E-state index contributed by atoms with van der Waals surface area (Å²) in [6.45, 7) is 2.02. The van der Waals surface area contributed by atoms with Gasteiger partial charge in [-0.15, -0.1) is 11.3 Å². The van der Waals surface area contributed by atoms with Crippen molar-refractivity contribution in [3.05, 3.63) is 54.5 Å². The standard InChI is InChI=1S/C17H15N5S/c1-11-8-15(21-22(11)2)20-16-13-9-14(12-6-4-3-5-7-12)23-17(13)19-10-18-16/h3-10H,1-2H3,(H,18,19,20,21). The minimum Gasteiger partial charge on any atom is -0.323 e. The summed E-state index contributed by atoms with van der Waals surface area (Å²) in [6, 6.07) is 14.4. The maximum atomic E-state index is 4.43. The average Bonchev–Trinajstić information content (AvgIpc) is 3.13. The van der Waals surface area contributed by atoms with Gasteiger partial charge in [0, 0.05) is 23.7 Å². The van der Waals surface area contributed by atoms with Crippen LogP contribution in [-0.4, -0.2) is 19.7 Å². The SMILES string of the molecule is Cc1cc(Nc2ncnc3sc(-c4ccccc4)cc23)nn1C. The highest BCUT2D eigenvalue weighted by atomic mass is 32.1. The maximum Gasteiger partial charge on any atom is 0.153 e. The van der Waals surface area contributed by atoms with Gasteiger partial charge in [0.1, 0.15) is 17.0 Å². The first-order valence-corrected chi connectivity index (χ1v) is 8.10. The highest BCUT2D eigenvalue weighted by Crippen LogP contribution is 2.35. The van der Waals surface area contributed by atoms with Gasteiger partial charge in [0.25, 0.3) is 0 Å². The van der Waals surface area contributed by atoms with Crippen molar-refractivity contribution < 1.29 is 0 Å². The highest BCUT2D eigenvalue weighted by Gasteiger charge is 2.11. The van der Waals surface area contributed by atoms with Crippen molar-refractivity contribution >= 4 is 33.2 Å². The van der Waals surface area contributed by atoms with Gasteiger partial charge in [-0.05, 0) is 18.6 Å². The minimum atomic E-state index is 0.784. The van der Waals surface area contributed by atoms with E-state index in [1.165, 1.54) is 10.4 Å². The molecule has 0 aliphatic carbocycles. The molecule has 0 radical (unpaired) electrons. The number of thiophene rings is 1. The third-order valence-electron chi connectivity index (χ3n) is 3.75. The Balaban J connectivity index is 1.77. The van der Waals surface area contributed by atoms with Crippen molar-refractivity contribution in [2.24, 2.45) is 7.05 Å². The molecule has 0 bridgehead atoms. The van der Waals surface area contributed by atoms with Crippen LogP contribution >= 0.6 is 11.3 Å². The summed E-state index contributed by atoms with van der Waals surface area (Å²) in [7, 11) is 1.92. The van der Waals surface area contributed by atoms with Gasteiger partial charge >= 0.3 is 0 Å². The lowest BCUT2D eigenvalue weighted by Gasteiger charge is -2.02. The van der Waals surface area contributed by atoms with Gasteiger partial charge in [-0.1, -0.05) is 30.3 Å². The van der Waals surface area contributed by atoms with Crippen LogP contribution in [0.4, 0.5) is 11.6 Å². The van der Waals surface area contributed by atoms with Gasteiger partial charge in [0.05, 0.1) is 5.39 Å². The van der Waals surface area contributed by atoms with Gasteiger partial charge < -0.3 is 5.32 Å². The molecule has 0 fully saturated rings. The lowest BCUT2D eigenvalue weighted by atomic mass is 10.2. The number of fused-ring (bicyclic) bond motifs is 1. The van der Waals surface area contributed by atoms with Crippen LogP contribution < -0.4 is 5.32 Å². The smallest absolute Gasteiger partial charge is 0.153 e. The molecule has 0 saturated carbocycles. The number of hydrogen-bond donors (Lipinski definition) is 1. The van der Waals surface area contributed by atoms with Crippen molar-refractivity contribution in [1.29, 1.82) is 0 Å². The van der Waals surface area contributed by atoms with Crippen LogP contribution in [0.15, 0.2) is 48.8 Å². The summed E-state index contributed by atoms with van der Waals surface area (Å²) in [5, 5.41) is 8.74. The van der Waals surface area contributed by atoms with Crippen LogP contribution in [0.5, 0.6) is 0 Å². The molecule has 23 heavy (non-hydrogen) atoms. The third-order valence-corrected chi connectivity index (χ3v) is 4.84. The number of aromatic nitrogens is 4. The molecule has 1 aromatic carbocycles. The van der Waals surface area contributed by atoms with Crippen molar-refractivity contribution in [3.8, 4) is 10.4 Å². The molecule has 4 aromatic rings. The Kier molecular flexibility index (Phi) is 3.31. The number of hydrogen-bond acceptors (Lipinski definition) is 5. The van der Waals surface area contributed by atoms with Gasteiger partial charge in [-0.3, -0.25) is 4.68 Å². The van der Waals surface area contributed by atoms with Gasteiger partial charge in [0.2, 0.25) is 0 Å². The molecule has 3 heterocycles. The predicted octanol–water partition coefficient (Wildman–Crippen LogP) is 4.14. The topological polar surface area (TPSA) is 55.6 Å². The Hall–Kier alpha value is -2.73. The third kappa shape index (κ3) is 2.57. The molecule has 0 amide bonds. The van der Waals surface area contributed by atoms with Crippen LogP contribution in [0.25, 0.3) is 20.7 Å². The molecule has 0 aliphatic heterocycles. The van der Waals surface area contributed by atoms with E-state index < -0.39 is 0 Å². The van der Waals surface area contributed by atoms with Crippen molar-refractivity contribution in [2.75, 3.05) is 5.32 Å². The number of aryl methyl sites for hydroxylation is 2. The van der Waals surface area contributed by atoms with Crippen LogP contribution in [0, 0.1) is 6.92 Å². The lowest BCUT2D eigenvalue weighted by Crippen LogP contribution is -1.97. The van der Waals surface area contributed by atoms with E-state index in [1.807, 2.05) is 42.9 Å². The highest BCUT2D eigenvalue weighted by molar-refractivity contribution is 7.21. The molecule has 0 atom stereocenters. The Bertz CT molecular complexity index is 952. The van der Waals surface area contributed by atoms with Crippen molar-refractivity contribution in [1.82, 2.24) is 19.7 Å². The quantitative estimate of drug-likeness (QED) is 0.616. The summed E-state index contributed by atoms with van der Waals surface area (Å²) in [6.07, 6.45) is 1.59. The fourth-order valence-electron chi connectivity index (χ4n) is 2.44. The molecule has 0 spiro atoms. The molecule has 6 heteroatoms.